The number of amides is 1. The van der Waals surface area contributed by atoms with Gasteiger partial charge in [-0.2, -0.15) is 0 Å². The lowest BCUT2D eigenvalue weighted by Crippen LogP contribution is -2.44. The monoisotopic (exact) mass is 294 g/mol. The van der Waals surface area contributed by atoms with E-state index in [1.54, 1.807) is 6.07 Å². The normalized spacial score (nSPS) is 23.8. The summed E-state index contributed by atoms with van der Waals surface area (Å²) in [4.78, 5) is 14.8. The van der Waals surface area contributed by atoms with Crippen molar-refractivity contribution in [2.24, 2.45) is 0 Å². The molecule has 1 aromatic heterocycles. The van der Waals surface area contributed by atoms with Crippen molar-refractivity contribution in [3.8, 4) is 11.3 Å². The zero-order chi connectivity index (χ0) is 15.1. The van der Waals surface area contributed by atoms with Gasteiger partial charge in [-0.15, -0.1) is 0 Å². The number of hydrogen-bond donors (Lipinski definition) is 0. The maximum atomic E-state index is 12.8. The van der Waals surface area contributed by atoms with Crippen LogP contribution in [0.25, 0.3) is 11.3 Å². The fraction of sp³-hybridized carbons (Fsp3) is 0.333. The molecule has 2 bridgehead atoms. The summed E-state index contributed by atoms with van der Waals surface area (Å²) >= 11 is 0. The molecule has 2 aliphatic rings. The number of carbonyl (C=O) groups excluding carboxylic acids is 1. The molecule has 0 N–H and O–H groups in total. The predicted molar refractivity (Wildman–Crippen MR) is 83.3 cm³/mol. The van der Waals surface area contributed by atoms with E-state index < -0.39 is 0 Å². The van der Waals surface area contributed by atoms with Crippen LogP contribution in [0.15, 0.2) is 53.1 Å². The molecule has 112 valence electrons. The molecular formula is C18H18N2O2. The second kappa shape index (κ2) is 5.13. The van der Waals surface area contributed by atoms with Gasteiger partial charge >= 0.3 is 0 Å². The molecule has 2 aromatic rings. The van der Waals surface area contributed by atoms with Gasteiger partial charge in [0.05, 0.1) is 0 Å². The average Bonchev–Trinajstić information content (AvgIpc) is 3.12. The highest BCUT2D eigenvalue weighted by atomic mass is 16.5. The lowest BCUT2D eigenvalue weighted by atomic mass is 9.98. The zero-order valence-corrected chi connectivity index (χ0v) is 12.4. The quantitative estimate of drug-likeness (QED) is 0.794. The minimum Gasteiger partial charge on any atom is -0.355 e. The van der Waals surface area contributed by atoms with Crippen LogP contribution in [-0.2, 0) is 0 Å². The van der Waals surface area contributed by atoms with Crippen LogP contribution in [0.2, 0.25) is 0 Å². The molecule has 2 fully saturated rings. The van der Waals surface area contributed by atoms with E-state index in [4.69, 9.17) is 4.52 Å². The molecule has 22 heavy (non-hydrogen) atoms. The van der Waals surface area contributed by atoms with Gasteiger partial charge in [-0.3, -0.25) is 4.79 Å². The van der Waals surface area contributed by atoms with Gasteiger partial charge in [0.15, 0.2) is 11.5 Å². The second-order valence-electron chi connectivity index (χ2n) is 6.20. The fourth-order valence-corrected chi connectivity index (χ4v) is 3.69. The Labute approximate surface area is 129 Å². The third kappa shape index (κ3) is 2.15. The first-order chi connectivity index (χ1) is 10.7. The Morgan fingerprint density at radius 2 is 1.86 bits per heavy atom. The van der Waals surface area contributed by atoms with Crippen LogP contribution in [0.4, 0.5) is 0 Å². The third-order valence-electron chi connectivity index (χ3n) is 4.69. The molecule has 2 unspecified atom stereocenters. The van der Waals surface area contributed by atoms with Crippen LogP contribution in [0, 0.1) is 0 Å². The van der Waals surface area contributed by atoms with E-state index in [0.717, 1.165) is 31.2 Å². The number of nitrogens with zero attached hydrogens (tertiary/aromatic N) is 2. The Bertz CT molecular complexity index is 704. The van der Waals surface area contributed by atoms with Crippen LogP contribution in [0.5, 0.6) is 0 Å². The number of benzene rings is 1. The van der Waals surface area contributed by atoms with Crippen molar-refractivity contribution in [3.63, 3.8) is 0 Å². The molecule has 1 aromatic carbocycles. The van der Waals surface area contributed by atoms with Gasteiger partial charge in [-0.05, 0) is 25.7 Å². The van der Waals surface area contributed by atoms with E-state index in [9.17, 15) is 4.79 Å². The predicted octanol–water partition coefficient (Wildman–Crippen LogP) is 3.66. The lowest BCUT2D eigenvalue weighted by Gasteiger charge is -2.35. The summed E-state index contributed by atoms with van der Waals surface area (Å²) < 4.78 is 5.36. The Hall–Kier alpha value is -2.36. The first kappa shape index (κ1) is 13.3. The highest BCUT2D eigenvalue weighted by Gasteiger charge is 2.41. The first-order valence-corrected chi connectivity index (χ1v) is 7.74. The van der Waals surface area contributed by atoms with Gasteiger partial charge in [0.1, 0.15) is 0 Å². The van der Waals surface area contributed by atoms with E-state index in [1.807, 2.05) is 35.2 Å². The molecule has 0 radical (unpaired) electrons. The standard InChI is InChI=1S/C18H18N2O2/c1-12-9-14-7-8-15(10-12)20(14)18(21)16-11-17(22-19-16)13-5-3-2-4-6-13/h2-6,11,14-15H,1,7-10H2. The van der Waals surface area contributed by atoms with Gasteiger partial charge in [0, 0.05) is 23.7 Å². The molecular weight excluding hydrogens is 276 g/mol. The van der Waals surface area contributed by atoms with Crippen molar-refractivity contribution in [1.82, 2.24) is 10.1 Å². The van der Waals surface area contributed by atoms with Crippen molar-refractivity contribution in [1.29, 1.82) is 0 Å². The Kier molecular flexibility index (Phi) is 3.10. The summed E-state index contributed by atoms with van der Waals surface area (Å²) in [6.07, 6.45) is 3.98. The Balaban J connectivity index is 1.59. The van der Waals surface area contributed by atoms with Gasteiger partial charge in [-0.1, -0.05) is 47.6 Å². The van der Waals surface area contributed by atoms with Crippen LogP contribution in [0.3, 0.4) is 0 Å². The summed E-state index contributed by atoms with van der Waals surface area (Å²) in [6, 6.07) is 12.1. The topological polar surface area (TPSA) is 46.3 Å². The van der Waals surface area contributed by atoms with Crippen molar-refractivity contribution in [2.75, 3.05) is 0 Å². The van der Waals surface area contributed by atoms with Crippen molar-refractivity contribution < 1.29 is 9.32 Å². The summed E-state index contributed by atoms with van der Waals surface area (Å²) in [5, 5.41) is 3.99. The highest BCUT2D eigenvalue weighted by molar-refractivity contribution is 5.94. The molecule has 4 rings (SSSR count). The SMILES string of the molecule is C=C1CC2CCC(C1)N2C(=O)c1cc(-c2ccccc2)on1. The minimum atomic E-state index is -0.00840. The smallest absolute Gasteiger partial charge is 0.276 e. The summed E-state index contributed by atoms with van der Waals surface area (Å²) in [7, 11) is 0. The number of piperidine rings is 1. The molecule has 0 aliphatic carbocycles. The third-order valence-corrected chi connectivity index (χ3v) is 4.69. The number of carbonyl (C=O) groups is 1. The van der Waals surface area contributed by atoms with Gasteiger partial charge in [0.25, 0.3) is 5.91 Å². The largest absolute Gasteiger partial charge is 0.355 e. The first-order valence-electron chi connectivity index (χ1n) is 7.74. The maximum Gasteiger partial charge on any atom is 0.276 e. The van der Waals surface area contributed by atoms with Crippen LogP contribution in [0.1, 0.15) is 36.2 Å². The lowest BCUT2D eigenvalue weighted by molar-refractivity contribution is 0.0624. The number of aromatic nitrogens is 1. The summed E-state index contributed by atoms with van der Waals surface area (Å²) in [6.45, 7) is 4.09. The van der Waals surface area contributed by atoms with E-state index in [0.29, 0.717) is 11.5 Å². The molecule has 0 spiro atoms. The molecule has 4 heteroatoms. The second-order valence-corrected chi connectivity index (χ2v) is 6.20. The van der Waals surface area contributed by atoms with Crippen LogP contribution < -0.4 is 0 Å². The number of rotatable bonds is 2. The number of hydrogen-bond acceptors (Lipinski definition) is 3. The molecule has 2 atom stereocenters. The molecule has 2 aliphatic heterocycles. The zero-order valence-electron chi connectivity index (χ0n) is 12.4. The van der Waals surface area contributed by atoms with E-state index >= 15 is 0 Å². The van der Waals surface area contributed by atoms with Crippen molar-refractivity contribution >= 4 is 5.91 Å². The van der Waals surface area contributed by atoms with Crippen molar-refractivity contribution in [3.05, 3.63) is 54.2 Å². The summed E-state index contributed by atoms with van der Waals surface area (Å²) in [5.74, 6) is 0.628. The van der Waals surface area contributed by atoms with E-state index in [2.05, 4.69) is 11.7 Å². The Morgan fingerprint density at radius 3 is 2.55 bits per heavy atom. The van der Waals surface area contributed by atoms with Gasteiger partial charge < -0.3 is 9.42 Å². The van der Waals surface area contributed by atoms with E-state index in [1.165, 1.54) is 5.57 Å². The van der Waals surface area contributed by atoms with Crippen LogP contribution >= 0.6 is 0 Å². The van der Waals surface area contributed by atoms with E-state index in [-0.39, 0.29) is 18.0 Å². The van der Waals surface area contributed by atoms with Crippen LogP contribution in [-0.4, -0.2) is 28.0 Å². The highest BCUT2D eigenvalue weighted by Crippen LogP contribution is 2.38. The maximum absolute atomic E-state index is 12.8. The minimum absolute atomic E-state index is 0.00840. The molecule has 0 saturated carbocycles. The van der Waals surface area contributed by atoms with Gasteiger partial charge in [-0.25, -0.2) is 0 Å². The molecule has 1 amide bonds. The number of fused-ring (bicyclic) bond motifs is 2. The average molecular weight is 294 g/mol. The van der Waals surface area contributed by atoms with Gasteiger partial charge in [0.2, 0.25) is 0 Å². The molecule has 2 saturated heterocycles. The fourth-order valence-electron chi connectivity index (χ4n) is 3.69. The summed E-state index contributed by atoms with van der Waals surface area (Å²) in [5.41, 5.74) is 2.61. The Morgan fingerprint density at radius 1 is 1.18 bits per heavy atom. The van der Waals surface area contributed by atoms with Crippen molar-refractivity contribution in [2.45, 2.75) is 37.8 Å². The molecule has 4 nitrogen and oxygen atoms in total. The molecule has 3 heterocycles.